The van der Waals surface area contributed by atoms with Crippen molar-refractivity contribution in [1.29, 1.82) is 0 Å². The number of pyridine rings is 1. The summed E-state index contributed by atoms with van der Waals surface area (Å²) in [5.41, 5.74) is 1.48. The second-order valence-electron chi connectivity index (χ2n) is 3.21. The molecule has 0 saturated heterocycles. The van der Waals surface area contributed by atoms with Crippen molar-refractivity contribution in [2.45, 2.75) is 13.8 Å². The van der Waals surface area contributed by atoms with Crippen LogP contribution in [-0.4, -0.2) is 34.2 Å². The maximum absolute atomic E-state index is 12.1. The van der Waals surface area contributed by atoms with Crippen molar-refractivity contribution in [3.8, 4) is 0 Å². The molecule has 3 nitrogen and oxygen atoms in total. The Kier molecular flexibility index (Phi) is 4.75. The number of hydrogen-bond acceptors (Lipinski definition) is 2. The lowest BCUT2D eigenvalue weighted by Gasteiger charge is -2.20. The number of amides is 1. The number of rotatable bonds is 4. The number of nitrogens with zero attached hydrogens (tertiary/aromatic N) is 2. The van der Waals surface area contributed by atoms with Crippen molar-refractivity contribution >= 4 is 21.8 Å². The summed E-state index contributed by atoms with van der Waals surface area (Å²) in [4.78, 5) is 18.0. The molecule has 1 aromatic rings. The normalized spacial score (nSPS) is 10.1. The first-order chi connectivity index (χ1) is 7.20. The van der Waals surface area contributed by atoms with Crippen LogP contribution in [0.15, 0.2) is 18.3 Å². The minimum Gasteiger partial charge on any atom is -0.338 e. The zero-order valence-corrected chi connectivity index (χ0v) is 10.6. The van der Waals surface area contributed by atoms with Gasteiger partial charge in [0.15, 0.2) is 0 Å². The Morgan fingerprint density at radius 2 is 2.33 bits per heavy atom. The highest BCUT2D eigenvalue weighted by molar-refractivity contribution is 9.09. The first-order valence-corrected chi connectivity index (χ1v) is 6.09. The number of aryl methyl sites for hydroxylation is 1. The van der Waals surface area contributed by atoms with Gasteiger partial charge in [-0.05, 0) is 26.0 Å². The van der Waals surface area contributed by atoms with Gasteiger partial charge in [-0.2, -0.15) is 0 Å². The van der Waals surface area contributed by atoms with Crippen molar-refractivity contribution in [1.82, 2.24) is 9.88 Å². The van der Waals surface area contributed by atoms with Crippen LogP contribution in [0.1, 0.15) is 23.0 Å². The van der Waals surface area contributed by atoms with Crippen molar-refractivity contribution in [3.63, 3.8) is 0 Å². The molecule has 1 amide bonds. The van der Waals surface area contributed by atoms with E-state index in [1.807, 2.05) is 19.9 Å². The average Bonchev–Trinajstić information content (AvgIpc) is 2.25. The summed E-state index contributed by atoms with van der Waals surface area (Å²) < 4.78 is 0. The summed E-state index contributed by atoms with van der Waals surface area (Å²) in [7, 11) is 0. The summed E-state index contributed by atoms with van der Waals surface area (Å²) in [6, 6.07) is 3.61. The lowest BCUT2D eigenvalue weighted by atomic mass is 10.2. The van der Waals surface area contributed by atoms with E-state index in [1.165, 1.54) is 0 Å². The van der Waals surface area contributed by atoms with Crippen LogP contribution in [0.2, 0.25) is 0 Å². The third-order valence-electron chi connectivity index (χ3n) is 2.26. The first kappa shape index (κ1) is 12.2. The van der Waals surface area contributed by atoms with Crippen LogP contribution in [0, 0.1) is 6.92 Å². The fourth-order valence-electron chi connectivity index (χ4n) is 1.39. The standard InChI is InChI=1S/C11H15BrN2O/c1-3-14(8-6-12)11(15)10-5-4-7-13-9(10)2/h4-5,7H,3,6,8H2,1-2H3. The monoisotopic (exact) mass is 270 g/mol. The molecule has 0 spiro atoms. The SMILES string of the molecule is CCN(CCBr)C(=O)c1cccnc1C. The molecule has 1 aromatic heterocycles. The van der Waals surface area contributed by atoms with Gasteiger partial charge in [0.05, 0.1) is 5.56 Å². The molecule has 15 heavy (non-hydrogen) atoms. The Balaban J connectivity index is 2.88. The third-order valence-corrected chi connectivity index (χ3v) is 2.62. The molecule has 4 heteroatoms. The van der Waals surface area contributed by atoms with Gasteiger partial charge in [-0.25, -0.2) is 0 Å². The summed E-state index contributed by atoms with van der Waals surface area (Å²) in [5.74, 6) is 0.0579. The molecule has 1 rings (SSSR count). The molecule has 0 N–H and O–H groups in total. The van der Waals surface area contributed by atoms with E-state index in [0.29, 0.717) is 5.56 Å². The Labute approximate surface area is 98.6 Å². The Morgan fingerprint density at radius 3 is 2.87 bits per heavy atom. The van der Waals surface area contributed by atoms with Gasteiger partial charge in [-0.3, -0.25) is 9.78 Å². The van der Waals surface area contributed by atoms with Crippen LogP contribution < -0.4 is 0 Å². The number of halogens is 1. The zero-order valence-electron chi connectivity index (χ0n) is 9.03. The van der Waals surface area contributed by atoms with Gasteiger partial charge in [0.2, 0.25) is 0 Å². The predicted molar refractivity (Wildman–Crippen MR) is 64.3 cm³/mol. The number of aromatic nitrogens is 1. The van der Waals surface area contributed by atoms with E-state index < -0.39 is 0 Å². The zero-order chi connectivity index (χ0) is 11.3. The topological polar surface area (TPSA) is 33.2 Å². The molecule has 0 unspecified atom stereocenters. The van der Waals surface area contributed by atoms with E-state index in [-0.39, 0.29) is 5.91 Å². The van der Waals surface area contributed by atoms with E-state index in [0.717, 1.165) is 24.1 Å². The van der Waals surface area contributed by atoms with Crippen LogP contribution >= 0.6 is 15.9 Å². The second-order valence-corrected chi connectivity index (χ2v) is 4.00. The molecule has 0 radical (unpaired) electrons. The van der Waals surface area contributed by atoms with Crippen molar-refractivity contribution in [2.75, 3.05) is 18.4 Å². The minimum atomic E-state index is 0.0579. The fraction of sp³-hybridized carbons (Fsp3) is 0.455. The quantitative estimate of drug-likeness (QED) is 0.787. The number of hydrogen-bond donors (Lipinski definition) is 0. The van der Waals surface area contributed by atoms with E-state index in [4.69, 9.17) is 0 Å². The van der Waals surface area contributed by atoms with Crippen LogP contribution in [-0.2, 0) is 0 Å². The van der Waals surface area contributed by atoms with Gasteiger partial charge in [0.1, 0.15) is 0 Å². The van der Waals surface area contributed by atoms with E-state index in [1.54, 1.807) is 17.2 Å². The minimum absolute atomic E-state index is 0.0579. The van der Waals surface area contributed by atoms with Crippen molar-refractivity contribution in [2.24, 2.45) is 0 Å². The van der Waals surface area contributed by atoms with E-state index >= 15 is 0 Å². The summed E-state index contributed by atoms with van der Waals surface area (Å²) in [6.07, 6.45) is 1.70. The molecule has 0 bridgehead atoms. The molecule has 1 heterocycles. The highest BCUT2D eigenvalue weighted by Gasteiger charge is 2.15. The molecule has 0 saturated carbocycles. The van der Waals surface area contributed by atoms with Gasteiger partial charge in [-0.1, -0.05) is 15.9 Å². The maximum atomic E-state index is 12.1. The van der Waals surface area contributed by atoms with Gasteiger partial charge in [0, 0.05) is 30.3 Å². The second kappa shape index (κ2) is 5.85. The third kappa shape index (κ3) is 3.02. The molecule has 0 aliphatic rings. The van der Waals surface area contributed by atoms with Crippen LogP contribution in [0.25, 0.3) is 0 Å². The van der Waals surface area contributed by atoms with Gasteiger partial charge in [-0.15, -0.1) is 0 Å². The van der Waals surface area contributed by atoms with Crippen molar-refractivity contribution < 1.29 is 4.79 Å². The molecule has 0 fully saturated rings. The molecular weight excluding hydrogens is 256 g/mol. The number of carbonyl (C=O) groups excluding carboxylic acids is 1. The molecular formula is C11H15BrN2O. The highest BCUT2D eigenvalue weighted by atomic mass is 79.9. The number of alkyl halides is 1. The smallest absolute Gasteiger partial charge is 0.255 e. The van der Waals surface area contributed by atoms with E-state index in [2.05, 4.69) is 20.9 Å². The molecule has 0 aliphatic carbocycles. The average molecular weight is 271 g/mol. The van der Waals surface area contributed by atoms with Gasteiger partial charge in [0.25, 0.3) is 5.91 Å². The van der Waals surface area contributed by atoms with Crippen LogP contribution in [0.5, 0.6) is 0 Å². The van der Waals surface area contributed by atoms with Gasteiger partial charge >= 0.3 is 0 Å². The Morgan fingerprint density at radius 1 is 1.60 bits per heavy atom. The van der Waals surface area contributed by atoms with Crippen LogP contribution in [0.3, 0.4) is 0 Å². The first-order valence-electron chi connectivity index (χ1n) is 4.97. The molecule has 0 atom stereocenters. The predicted octanol–water partition coefficient (Wildman–Crippen LogP) is 2.25. The maximum Gasteiger partial charge on any atom is 0.255 e. The Bertz CT molecular complexity index is 341. The lowest BCUT2D eigenvalue weighted by Crippen LogP contribution is -2.33. The molecule has 82 valence electrons. The summed E-state index contributed by atoms with van der Waals surface area (Å²) in [5, 5.41) is 0.798. The lowest BCUT2D eigenvalue weighted by molar-refractivity contribution is 0.0773. The Hall–Kier alpha value is -0.900. The summed E-state index contributed by atoms with van der Waals surface area (Å²) in [6.45, 7) is 5.28. The van der Waals surface area contributed by atoms with E-state index in [9.17, 15) is 4.79 Å². The van der Waals surface area contributed by atoms with Crippen molar-refractivity contribution in [3.05, 3.63) is 29.6 Å². The number of carbonyl (C=O) groups is 1. The molecule has 0 aliphatic heterocycles. The fourth-order valence-corrected chi connectivity index (χ4v) is 1.81. The van der Waals surface area contributed by atoms with Crippen LogP contribution in [0.4, 0.5) is 0 Å². The molecule has 0 aromatic carbocycles. The summed E-state index contributed by atoms with van der Waals surface area (Å²) >= 11 is 3.34. The highest BCUT2D eigenvalue weighted by Crippen LogP contribution is 2.08. The van der Waals surface area contributed by atoms with Gasteiger partial charge < -0.3 is 4.90 Å². The largest absolute Gasteiger partial charge is 0.338 e.